The summed E-state index contributed by atoms with van der Waals surface area (Å²) in [4.78, 5) is 0. The second-order valence-electron chi connectivity index (χ2n) is 8.87. The molecule has 1 heterocycles. The third-order valence-corrected chi connectivity index (χ3v) is 8.52. The van der Waals surface area contributed by atoms with Crippen LogP contribution < -0.4 is 0 Å². The van der Waals surface area contributed by atoms with E-state index < -0.39 is 0 Å². The van der Waals surface area contributed by atoms with Crippen LogP contribution in [0.5, 0.6) is 0 Å². The van der Waals surface area contributed by atoms with Crippen LogP contribution in [0, 0.1) is 47.3 Å². The lowest BCUT2D eigenvalue weighted by Gasteiger charge is -2.43. The molecule has 3 heteroatoms. The number of fused-ring (bicyclic) bond motifs is 3. The van der Waals surface area contributed by atoms with Crippen molar-refractivity contribution in [3.63, 3.8) is 0 Å². The number of rotatable bonds is 0. The number of hydrogen-bond acceptors (Lipinski definition) is 3. The summed E-state index contributed by atoms with van der Waals surface area (Å²) in [7, 11) is 0. The van der Waals surface area contributed by atoms with Gasteiger partial charge in [0.1, 0.15) is 0 Å². The van der Waals surface area contributed by atoms with Crippen molar-refractivity contribution in [2.75, 3.05) is 0 Å². The molecule has 3 fully saturated rings. The molecule has 10 atom stereocenters. The quantitative estimate of drug-likeness (QED) is 0.495. The van der Waals surface area contributed by atoms with Gasteiger partial charge < -0.3 is 9.47 Å². The summed E-state index contributed by atoms with van der Waals surface area (Å²) in [6, 6.07) is 0. The van der Waals surface area contributed by atoms with Gasteiger partial charge in [-0.3, -0.25) is 0 Å². The molecule has 0 radical (unpaired) electrons. The fraction of sp³-hybridized carbons (Fsp3) is 0.571. The van der Waals surface area contributed by atoms with Crippen molar-refractivity contribution in [1.29, 1.82) is 0 Å². The van der Waals surface area contributed by atoms with Crippen LogP contribution in [-0.2, 0) is 9.47 Å². The highest BCUT2D eigenvalue weighted by atomic mass is 32.1. The van der Waals surface area contributed by atoms with Crippen LogP contribution in [0.1, 0.15) is 12.8 Å². The maximum atomic E-state index is 6.50. The zero-order chi connectivity index (χ0) is 15.7. The van der Waals surface area contributed by atoms with Gasteiger partial charge in [-0.25, -0.2) is 0 Å². The standard InChI is InChI=1S/C21H20O2S/c24-19-22-20(9-13-3-1-11-5-7-15(20)17(11)13)21(23-19)10-14-4-2-12-6-8-16(21)18(12)14/h1-8,11-18H,9-10H2/t11-,12-,13+,14+,15-,16+,17-,18-,20+,21+/m1/s1. The Bertz CT molecular complexity index is 730. The Morgan fingerprint density at radius 3 is 1.67 bits per heavy atom. The first-order valence-corrected chi connectivity index (χ1v) is 9.78. The molecule has 7 aliphatic rings. The zero-order valence-corrected chi connectivity index (χ0v) is 14.2. The van der Waals surface area contributed by atoms with Crippen LogP contribution in [0.15, 0.2) is 48.6 Å². The van der Waals surface area contributed by atoms with Gasteiger partial charge in [0.15, 0.2) is 11.2 Å². The Kier molecular flexibility index (Phi) is 2.02. The predicted octanol–water partition coefficient (Wildman–Crippen LogP) is 3.81. The second-order valence-corrected chi connectivity index (χ2v) is 9.20. The van der Waals surface area contributed by atoms with Crippen molar-refractivity contribution in [3.05, 3.63) is 48.6 Å². The highest BCUT2D eigenvalue weighted by molar-refractivity contribution is 7.79. The van der Waals surface area contributed by atoms with Crippen LogP contribution in [0.25, 0.3) is 0 Å². The van der Waals surface area contributed by atoms with E-state index in [0.29, 0.717) is 52.6 Å². The number of thiocarbonyl (C=S) groups is 1. The Labute approximate surface area is 147 Å². The van der Waals surface area contributed by atoms with E-state index in [0.717, 1.165) is 12.8 Å². The minimum atomic E-state index is -0.252. The average Bonchev–Trinajstić information content (AvgIpc) is 3.32. The van der Waals surface area contributed by atoms with Crippen molar-refractivity contribution >= 4 is 17.5 Å². The van der Waals surface area contributed by atoms with Crippen LogP contribution in [0.3, 0.4) is 0 Å². The maximum Gasteiger partial charge on any atom is 0.353 e. The average molecular weight is 336 g/mol. The molecule has 122 valence electrons. The molecular weight excluding hydrogens is 316 g/mol. The van der Waals surface area contributed by atoms with Gasteiger partial charge in [0.05, 0.1) is 0 Å². The van der Waals surface area contributed by atoms with E-state index >= 15 is 0 Å². The van der Waals surface area contributed by atoms with Gasteiger partial charge in [-0.1, -0.05) is 48.6 Å². The van der Waals surface area contributed by atoms with Gasteiger partial charge in [0, 0.05) is 24.1 Å². The molecule has 2 nitrogen and oxygen atoms in total. The molecule has 0 aromatic rings. The summed E-state index contributed by atoms with van der Waals surface area (Å²) in [5.41, 5.74) is -0.505. The Hall–Kier alpha value is -1.35. The van der Waals surface area contributed by atoms with E-state index in [4.69, 9.17) is 21.7 Å². The molecule has 0 bridgehead atoms. The molecular formula is C21H20O2S. The lowest BCUT2D eigenvalue weighted by molar-refractivity contribution is -0.0861. The largest absolute Gasteiger partial charge is 0.445 e. The minimum Gasteiger partial charge on any atom is -0.445 e. The first-order chi connectivity index (χ1) is 11.7. The van der Waals surface area contributed by atoms with E-state index in [2.05, 4.69) is 48.6 Å². The zero-order valence-electron chi connectivity index (χ0n) is 13.4. The van der Waals surface area contributed by atoms with Crippen molar-refractivity contribution in [2.45, 2.75) is 24.0 Å². The Morgan fingerprint density at radius 1 is 0.708 bits per heavy atom. The topological polar surface area (TPSA) is 18.5 Å². The lowest BCUT2D eigenvalue weighted by Crippen LogP contribution is -2.56. The molecule has 0 aromatic carbocycles. The van der Waals surface area contributed by atoms with Crippen molar-refractivity contribution in [1.82, 2.24) is 0 Å². The van der Waals surface area contributed by atoms with Crippen LogP contribution in [-0.4, -0.2) is 16.4 Å². The summed E-state index contributed by atoms with van der Waals surface area (Å²) in [6.07, 6.45) is 21.5. The molecule has 0 amide bonds. The molecule has 6 aliphatic carbocycles. The van der Waals surface area contributed by atoms with Gasteiger partial charge in [0.25, 0.3) is 0 Å². The van der Waals surface area contributed by atoms with E-state index in [1.165, 1.54) is 0 Å². The third kappa shape index (κ3) is 1.14. The fourth-order valence-corrected chi connectivity index (χ4v) is 8.01. The van der Waals surface area contributed by atoms with Crippen LogP contribution in [0.4, 0.5) is 0 Å². The molecule has 0 unspecified atom stereocenters. The lowest BCUT2D eigenvalue weighted by atomic mass is 9.68. The molecule has 1 saturated heterocycles. The summed E-state index contributed by atoms with van der Waals surface area (Å²) in [6.45, 7) is 0. The number of ether oxygens (including phenoxy) is 2. The number of hydrogen-bond donors (Lipinski definition) is 0. The molecule has 1 aliphatic heterocycles. The van der Waals surface area contributed by atoms with Gasteiger partial charge >= 0.3 is 5.24 Å². The van der Waals surface area contributed by atoms with E-state index in [1.54, 1.807) is 0 Å². The summed E-state index contributed by atoms with van der Waals surface area (Å²) < 4.78 is 13.0. The first kappa shape index (κ1) is 12.9. The van der Waals surface area contributed by atoms with Crippen molar-refractivity contribution in [2.24, 2.45) is 47.3 Å². The Morgan fingerprint density at radius 2 is 1.17 bits per heavy atom. The number of allylic oxidation sites excluding steroid dienone is 6. The smallest absolute Gasteiger partial charge is 0.353 e. The second kappa shape index (κ2) is 3.75. The van der Waals surface area contributed by atoms with Crippen LogP contribution >= 0.6 is 12.2 Å². The maximum absolute atomic E-state index is 6.50. The highest BCUT2D eigenvalue weighted by Gasteiger charge is 2.77. The van der Waals surface area contributed by atoms with E-state index in [1.807, 2.05) is 0 Å². The fourth-order valence-electron chi connectivity index (χ4n) is 7.71. The molecule has 0 aromatic heterocycles. The predicted molar refractivity (Wildman–Crippen MR) is 93.9 cm³/mol. The summed E-state index contributed by atoms with van der Waals surface area (Å²) >= 11 is 5.50. The Balaban J connectivity index is 1.43. The van der Waals surface area contributed by atoms with E-state index in [9.17, 15) is 0 Å². The molecule has 2 spiro atoms. The van der Waals surface area contributed by atoms with Gasteiger partial charge in [-0.2, -0.15) is 0 Å². The molecule has 7 rings (SSSR count). The third-order valence-electron chi connectivity index (χ3n) is 8.35. The van der Waals surface area contributed by atoms with Gasteiger partial charge in [-0.15, -0.1) is 0 Å². The summed E-state index contributed by atoms with van der Waals surface area (Å²) in [5.74, 6) is 4.66. The van der Waals surface area contributed by atoms with Gasteiger partial charge in [-0.05, 0) is 48.3 Å². The van der Waals surface area contributed by atoms with Gasteiger partial charge in [0.2, 0.25) is 0 Å². The minimum absolute atomic E-state index is 0.252. The summed E-state index contributed by atoms with van der Waals surface area (Å²) in [5, 5.41) is 0.400. The molecule has 0 N–H and O–H groups in total. The van der Waals surface area contributed by atoms with Crippen molar-refractivity contribution in [3.8, 4) is 0 Å². The molecule has 24 heavy (non-hydrogen) atoms. The normalized spacial score (nSPS) is 62.2. The first-order valence-electron chi connectivity index (χ1n) is 9.37. The van der Waals surface area contributed by atoms with Crippen molar-refractivity contribution < 1.29 is 9.47 Å². The highest BCUT2D eigenvalue weighted by Crippen LogP contribution is 2.71. The van der Waals surface area contributed by atoms with E-state index in [-0.39, 0.29) is 11.2 Å². The van der Waals surface area contributed by atoms with Crippen LogP contribution in [0.2, 0.25) is 0 Å². The molecule has 2 saturated carbocycles. The monoisotopic (exact) mass is 336 g/mol. The SMILES string of the molecule is S=C1O[C@]2(C[C@@H]3C=C[C@@H]4C=C[C@@H]2[C@H]43)[C@@]2(C[C@@H]3C=C[C@@H]4C=C[C@H]2[C@H]43)O1.